The molecule has 0 bridgehead atoms. The van der Waals surface area contributed by atoms with Crippen molar-refractivity contribution in [2.75, 3.05) is 6.61 Å². The van der Waals surface area contributed by atoms with Crippen molar-refractivity contribution in [2.45, 2.75) is 51.5 Å². The van der Waals surface area contributed by atoms with Crippen LogP contribution in [-0.2, 0) is 20.7 Å². The number of carbonyl (C=O) groups is 2. The number of carbonyl (C=O) groups excluding carboxylic acids is 2. The lowest BCUT2D eigenvalue weighted by Gasteiger charge is -2.29. The fourth-order valence-electron chi connectivity index (χ4n) is 3.23. The van der Waals surface area contributed by atoms with E-state index in [1.807, 2.05) is 24.3 Å². The molecule has 0 unspecified atom stereocenters. The summed E-state index contributed by atoms with van der Waals surface area (Å²) in [5, 5.41) is 3.90. The molecule has 1 aliphatic carbocycles. The van der Waals surface area contributed by atoms with Crippen LogP contribution in [0.2, 0.25) is 0 Å². The number of hydrogen-bond acceptors (Lipinski definition) is 5. The van der Waals surface area contributed by atoms with Gasteiger partial charge in [0.05, 0.1) is 21.6 Å². The van der Waals surface area contributed by atoms with E-state index in [1.165, 1.54) is 6.42 Å². The van der Waals surface area contributed by atoms with Crippen molar-refractivity contribution < 1.29 is 14.3 Å². The molecule has 1 heterocycles. The van der Waals surface area contributed by atoms with Gasteiger partial charge < -0.3 is 10.1 Å². The minimum absolute atomic E-state index is 0.193. The van der Waals surface area contributed by atoms with Crippen molar-refractivity contribution in [3.8, 4) is 0 Å². The van der Waals surface area contributed by atoms with Crippen LogP contribution >= 0.6 is 11.3 Å². The van der Waals surface area contributed by atoms with E-state index in [-0.39, 0.29) is 30.9 Å². The van der Waals surface area contributed by atoms with Gasteiger partial charge in [-0.15, -0.1) is 11.3 Å². The molecule has 134 valence electrons. The predicted molar refractivity (Wildman–Crippen MR) is 98.5 cm³/mol. The molecule has 0 spiro atoms. The fraction of sp³-hybridized carbons (Fsp3) is 0.526. The highest BCUT2D eigenvalue weighted by Gasteiger charge is 2.23. The number of para-hydroxylation sites is 1. The first-order valence-corrected chi connectivity index (χ1v) is 9.73. The van der Waals surface area contributed by atoms with Crippen LogP contribution in [0.25, 0.3) is 10.2 Å². The van der Waals surface area contributed by atoms with Gasteiger partial charge in [-0.25, -0.2) is 4.98 Å². The highest BCUT2D eigenvalue weighted by atomic mass is 32.1. The maximum atomic E-state index is 12.0. The van der Waals surface area contributed by atoms with Crippen LogP contribution in [0.5, 0.6) is 0 Å². The lowest BCUT2D eigenvalue weighted by molar-refractivity contribution is -0.148. The molecule has 6 heteroatoms. The van der Waals surface area contributed by atoms with Gasteiger partial charge in [-0.1, -0.05) is 31.9 Å². The van der Waals surface area contributed by atoms with Crippen molar-refractivity contribution in [1.29, 1.82) is 0 Å². The summed E-state index contributed by atoms with van der Waals surface area (Å²) in [5.41, 5.74) is 0.955. The van der Waals surface area contributed by atoms with Crippen LogP contribution in [-0.4, -0.2) is 29.5 Å². The lowest BCUT2D eigenvalue weighted by Crippen LogP contribution is -2.42. The van der Waals surface area contributed by atoms with Gasteiger partial charge in [-0.05, 0) is 30.9 Å². The number of nitrogens with one attached hydrogen (secondary N) is 1. The second-order valence-corrected chi connectivity index (χ2v) is 7.79. The van der Waals surface area contributed by atoms with E-state index < -0.39 is 0 Å². The van der Waals surface area contributed by atoms with Gasteiger partial charge in [0, 0.05) is 12.5 Å². The molecule has 5 nitrogen and oxygen atoms in total. The monoisotopic (exact) mass is 360 g/mol. The molecule has 1 amide bonds. The highest BCUT2D eigenvalue weighted by molar-refractivity contribution is 7.18. The Morgan fingerprint density at radius 1 is 1.28 bits per heavy atom. The Hall–Kier alpha value is -1.95. The number of ether oxygens (including phenoxy) is 1. The van der Waals surface area contributed by atoms with E-state index in [0.29, 0.717) is 12.3 Å². The number of nitrogens with zero attached hydrogens (tertiary/aromatic N) is 1. The Bertz CT molecular complexity index is 710. The SMILES string of the molecule is C[C@H]1CCCC[C@H]1NC(=O)COC(=O)CCc1nc2ccccc2s1. The van der Waals surface area contributed by atoms with Gasteiger partial charge in [0.15, 0.2) is 6.61 Å². The third-order valence-corrected chi connectivity index (χ3v) is 5.80. The van der Waals surface area contributed by atoms with Crippen molar-refractivity contribution in [3.63, 3.8) is 0 Å². The van der Waals surface area contributed by atoms with E-state index >= 15 is 0 Å². The van der Waals surface area contributed by atoms with E-state index in [2.05, 4.69) is 17.2 Å². The molecule has 1 saturated carbocycles. The van der Waals surface area contributed by atoms with Gasteiger partial charge in [0.25, 0.3) is 5.91 Å². The number of hydrogen-bond donors (Lipinski definition) is 1. The number of aromatic nitrogens is 1. The Balaban J connectivity index is 1.39. The normalized spacial score (nSPS) is 20.4. The maximum absolute atomic E-state index is 12.0. The summed E-state index contributed by atoms with van der Waals surface area (Å²) >= 11 is 1.59. The largest absolute Gasteiger partial charge is 0.456 e. The molecule has 1 aromatic heterocycles. The molecule has 3 rings (SSSR count). The zero-order valence-electron chi connectivity index (χ0n) is 14.5. The molecule has 1 N–H and O–H groups in total. The second-order valence-electron chi connectivity index (χ2n) is 6.67. The predicted octanol–water partition coefficient (Wildman–Crippen LogP) is 3.47. The molecular weight excluding hydrogens is 336 g/mol. The highest BCUT2D eigenvalue weighted by Crippen LogP contribution is 2.24. The smallest absolute Gasteiger partial charge is 0.306 e. The van der Waals surface area contributed by atoms with E-state index in [0.717, 1.165) is 34.5 Å². The molecule has 0 saturated heterocycles. The van der Waals surface area contributed by atoms with Crippen molar-refractivity contribution in [3.05, 3.63) is 29.3 Å². The van der Waals surface area contributed by atoms with Crippen molar-refractivity contribution in [2.24, 2.45) is 5.92 Å². The Kier molecular flexibility index (Phi) is 6.02. The first-order valence-electron chi connectivity index (χ1n) is 8.91. The van der Waals surface area contributed by atoms with Crippen LogP contribution < -0.4 is 5.32 Å². The first-order chi connectivity index (χ1) is 12.1. The summed E-state index contributed by atoms with van der Waals surface area (Å²) in [7, 11) is 0. The Morgan fingerprint density at radius 2 is 2.08 bits per heavy atom. The maximum Gasteiger partial charge on any atom is 0.306 e. The molecule has 2 aromatic rings. The van der Waals surface area contributed by atoms with E-state index in [4.69, 9.17) is 4.74 Å². The molecule has 1 fully saturated rings. The molecule has 1 aliphatic rings. The van der Waals surface area contributed by atoms with Crippen molar-refractivity contribution >= 4 is 33.4 Å². The van der Waals surface area contributed by atoms with Gasteiger partial charge in [0.1, 0.15) is 0 Å². The van der Waals surface area contributed by atoms with Crippen LogP contribution in [0, 0.1) is 5.92 Å². The quantitative estimate of drug-likeness (QED) is 0.801. The Labute approximate surface area is 151 Å². The molecule has 1 aromatic carbocycles. The second kappa shape index (κ2) is 8.43. The van der Waals surface area contributed by atoms with E-state index in [1.54, 1.807) is 11.3 Å². The summed E-state index contributed by atoms with van der Waals surface area (Å²) in [6, 6.07) is 8.12. The minimum atomic E-state index is -0.355. The zero-order chi connectivity index (χ0) is 17.6. The summed E-state index contributed by atoms with van der Waals surface area (Å²) in [4.78, 5) is 28.3. The van der Waals surface area contributed by atoms with Gasteiger partial charge in [-0.2, -0.15) is 0 Å². The molecule has 0 aliphatic heterocycles. The molecule has 0 radical (unpaired) electrons. The zero-order valence-corrected chi connectivity index (χ0v) is 15.3. The number of esters is 1. The van der Waals surface area contributed by atoms with Crippen LogP contribution in [0.15, 0.2) is 24.3 Å². The molecule has 2 atom stereocenters. The molecule has 25 heavy (non-hydrogen) atoms. The molecular formula is C19H24N2O3S. The van der Waals surface area contributed by atoms with Gasteiger partial charge in [0.2, 0.25) is 0 Å². The summed E-state index contributed by atoms with van der Waals surface area (Å²) in [5.74, 6) is -0.0642. The average Bonchev–Trinajstić information content (AvgIpc) is 3.03. The Morgan fingerprint density at radius 3 is 2.88 bits per heavy atom. The average molecular weight is 360 g/mol. The summed E-state index contributed by atoms with van der Waals surface area (Å²) in [6.07, 6.45) is 5.32. The van der Waals surface area contributed by atoms with Gasteiger partial charge >= 0.3 is 5.97 Å². The number of aryl methyl sites for hydroxylation is 1. The summed E-state index contributed by atoms with van der Waals surface area (Å²) < 4.78 is 6.22. The standard InChI is InChI=1S/C19H24N2O3S/c1-13-6-2-3-7-14(13)20-17(22)12-24-19(23)11-10-18-21-15-8-4-5-9-16(15)25-18/h4-5,8-9,13-14H,2-3,6-7,10-12H2,1H3,(H,20,22)/t13-,14+/m0/s1. The minimum Gasteiger partial charge on any atom is -0.456 e. The number of amides is 1. The van der Waals surface area contributed by atoms with Crippen LogP contribution in [0.4, 0.5) is 0 Å². The van der Waals surface area contributed by atoms with E-state index in [9.17, 15) is 9.59 Å². The summed E-state index contributed by atoms with van der Waals surface area (Å²) in [6.45, 7) is 1.97. The third kappa shape index (κ3) is 5.01. The number of fused-ring (bicyclic) bond motifs is 1. The topological polar surface area (TPSA) is 68.3 Å². The third-order valence-electron chi connectivity index (χ3n) is 4.70. The lowest BCUT2D eigenvalue weighted by atomic mass is 9.86. The number of rotatable bonds is 6. The fourth-order valence-corrected chi connectivity index (χ4v) is 4.20. The first kappa shape index (κ1) is 17.9. The van der Waals surface area contributed by atoms with Crippen molar-refractivity contribution in [1.82, 2.24) is 10.3 Å². The van der Waals surface area contributed by atoms with Gasteiger partial charge in [-0.3, -0.25) is 9.59 Å². The number of benzene rings is 1. The van der Waals surface area contributed by atoms with Crippen LogP contribution in [0.1, 0.15) is 44.0 Å². The number of thiazole rings is 1. The van der Waals surface area contributed by atoms with Crippen LogP contribution in [0.3, 0.4) is 0 Å².